The molecule has 0 spiro atoms. The summed E-state index contributed by atoms with van der Waals surface area (Å²) >= 11 is 0. The number of carbonyl (C=O) groups is 1. The van der Waals surface area contributed by atoms with Crippen LogP contribution in [0.15, 0.2) is 0 Å². The third kappa shape index (κ3) is 3.67. The molecule has 0 aliphatic heterocycles. The van der Waals surface area contributed by atoms with E-state index in [-0.39, 0.29) is 47.0 Å². The number of aliphatic carboxylic acids is 1. The summed E-state index contributed by atoms with van der Waals surface area (Å²) in [5.74, 6) is -6.19. The van der Waals surface area contributed by atoms with E-state index in [0.717, 1.165) is 25.7 Å². The molecular formula is C26H42F2O5. The van der Waals surface area contributed by atoms with E-state index in [4.69, 9.17) is 5.11 Å². The maximum absolute atomic E-state index is 14.1. The van der Waals surface area contributed by atoms with Crippen molar-refractivity contribution in [3.8, 4) is 0 Å². The first kappa shape index (κ1) is 25.3. The van der Waals surface area contributed by atoms with Crippen molar-refractivity contribution in [2.45, 2.75) is 103 Å². The topological polar surface area (TPSA) is 98.0 Å². The van der Waals surface area contributed by atoms with Gasteiger partial charge in [0.15, 0.2) is 0 Å². The second-order valence-electron chi connectivity index (χ2n) is 12.4. The highest BCUT2D eigenvalue weighted by Crippen LogP contribution is 2.69. The van der Waals surface area contributed by atoms with E-state index in [0.29, 0.717) is 19.3 Å². The number of aliphatic hydroxyl groups is 3. The van der Waals surface area contributed by atoms with Crippen LogP contribution in [-0.4, -0.2) is 50.6 Å². The van der Waals surface area contributed by atoms with Crippen LogP contribution in [-0.2, 0) is 4.79 Å². The number of halogens is 2. The molecule has 0 amide bonds. The Bertz CT molecular complexity index is 761. The molecule has 4 aliphatic carbocycles. The minimum atomic E-state index is -3.78. The van der Waals surface area contributed by atoms with Crippen LogP contribution in [0.5, 0.6) is 0 Å². The summed E-state index contributed by atoms with van der Waals surface area (Å²) < 4.78 is 28.1. The summed E-state index contributed by atoms with van der Waals surface area (Å²) in [7, 11) is 0. The summed E-state index contributed by atoms with van der Waals surface area (Å²) in [5, 5.41) is 42.5. The van der Waals surface area contributed by atoms with E-state index in [2.05, 4.69) is 13.8 Å². The first-order valence-corrected chi connectivity index (χ1v) is 12.9. The number of alkyl halides is 2. The minimum absolute atomic E-state index is 0.00275. The maximum atomic E-state index is 14.1. The Morgan fingerprint density at radius 2 is 1.73 bits per heavy atom. The van der Waals surface area contributed by atoms with E-state index in [1.807, 2.05) is 6.92 Å². The van der Waals surface area contributed by atoms with Crippen LogP contribution in [0.4, 0.5) is 8.78 Å². The summed E-state index contributed by atoms with van der Waals surface area (Å²) in [6.45, 7) is 8.08. The molecule has 4 fully saturated rings. The zero-order chi connectivity index (χ0) is 24.5. The molecule has 4 aliphatic rings. The molecule has 0 saturated heterocycles. The van der Waals surface area contributed by atoms with Crippen molar-refractivity contribution in [1.29, 1.82) is 0 Å². The van der Waals surface area contributed by atoms with Gasteiger partial charge in [0, 0.05) is 6.42 Å². The van der Waals surface area contributed by atoms with Gasteiger partial charge in [-0.1, -0.05) is 34.1 Å². The average molecular weight is 473 g/mol. The zero-order valence-corrected chi connectivity index (χ0v) is 20.4. The Hall–Kier alpha value is -0.790. The summed E-state index contributed by atoms with van der Waals surface area (Å²) in [5.41, 5.74) is -0.683. The van der Waals surface area contributed by atoms with E-state index in [9.17, 15) is 28.9 Å². The van der Waals surface area contributed by atoms with Crippen molar-refractivity contribution >= 4 is 5.97 Å². The lowest BCUT2D eigenvalue weighted by molar-refractivity contribution is -0.229. The highest BCUT2D eigenvalue weighted by Gasteiger charge is 2.67. The quantitative estimate of drug-likeness (QED) is 0.478. The molecule has 190 valence electrons. The van der Waals surface area contributed by atoms with Crippen LogP contribution in [0.2, 0.25) is 0 Å². The first-order valence-electron chi connectivity index (χ1n) is 12.9. The number of hydrogen-bond donors (Lipinski definition) is 4. The summed E-state index contributed by atoms with van der Waals surface area (Å²) in [6, 6.07) is 0. The Kier molecular flexibility index (Phi) is 6.45. The predicted molar refractivity (Wildman–Crippen MR) is 120 cm³/mol. The van der Waals surface area contributed by atoms with Gasteiger partial charge in [0.1, 0.15) is 0 Å². The summed E-state index contributed by atoms with van der Waals surface area (Å²) in [4.78, 5) is 11.0. The second-order valence-corrected chi connectivity index (χ2v) is 12.4. The fraction of sp³-hybridized carbons (Fsp3) is 0.962. The van der Waals surface area contributed by atoms with Crippen LogP contribution in [0.25, 0.3) is 0 Å². The van der Waals surface area contributed by atoms with Crippen molar-refractivity contribution in [2.24, 2.45) is 52.3 Å². The van der Waals surface area contributed by atoms with Crippen LogP contribution in [0.3, 0.4) is 0 Å². The van der Waals surface area contributed by atoms with Gasteiger partial charge in [-0.3, -0.25) is 0 Å². The first-order chi connectivity index (χ1) is 15.3. The van der Waals surface area contributed by atoms with Gasteiger partial charge < -0.3 is 20.4 Å². The van der Waals surface area contributed by atoms with Gasteiger partial charge in [0.25, 0.3) is 0 Å². The van der Waals surface area contributed by atoms with Gasteiger partial charge in [-0.25, -0.2) is 4.79 Å². The van der Waals surface area contributed by atoms with Crippen LogP contribution >= 0.6 is 0 Å². The second kappa shape index (κ2) is 8.41. The number of carboxylic acids is 1. The van der Waals surface area contributed by atoms with E-state index in [1.54, 1.807) is 6.92 Å². The molecule has 4 rings (SSSR count). The van der Waals surface area contributed by atoms with Gasteiger partial charge in [-0.05, 0) is 90.8 Å². The largest absolute Gasteiger partial charge is 0.477 e. The standard InChI is InChI=1S/C26H42F2O5/c1-5-15-18-10-14(29)8-9-24(18,3)19-11-20(30)25(4)16(6-7-17(25)21(19)22(15)31)13(2)12-26(27,28)23(32)33/h13-22,29-31H,5-12H2,1-4H3,(H,32,33)/t13-,14-,15-,16-,17?,18+,19?,20+,21?,22?,24+,25-/m1/s1. The number of aliphatic hydroxyl groups excluding tert-OH is 3. The molecule has 33 heavy (non-hydrogen) atoms. The smallest absolute Gasteiger partial charge is 0.374 e. The highest BCUT2D eigenvalue weighted by atomic mass is 19.3. The number of fused-ring (bicyclic) bond motifs is 5. The van der Waals surface area contributed by atoms with Gasteiger partial charge in [-0.2, -0.15) is 8.78 Å². The van der Waals surface area contributed by atoms with Crippen molar-refractivity contribution in [2.75, 3.05) is 0 Å². The third-order valence-corrected chi connectivity index (χ3v) is 11.1. The Morgan fingerprint density at radius 3 is 2.33 bits per heavy atom. The molecule has 0 aromatic rings. The molecule has 0 radical (unpaired) electrons. The fourth-order valence-electron chi connectivity index (χ4n) is 9.52. The van der Waals surface area contributed by atoms with E-state index < -0.39 is 41.9 Å². The van der Waals surface area contributed by atoms with Gasteiger partial charge in [-0.15, -0.1) is 0 Å². The third-order valence-electron chi connectivity index (χ3n) is 11.1. The van der Waals surface area contributed by atoms with E-state index in [1.165, 1.54) is 0 Å². The lowest BCUT2D eigenvalue weighted by Gasteiger charge is -2.65. The van der Waals surface area contributed by atoms with E-state index >= 15 is 0 Å². The number of hydrogen-bond acceptors (Lipinski definition) is 4. The van der Waals surface area contributed by atoms with Crippen LogP contribution < -0.4 is 0 Å². The Balaban J connectivity index is 1.67. The molecular weight excluding hydrogens is 430 g/mol. The van der Waals surface area contributed by atoms with Crippen molar-refractivity contribution in [3.63, 3.8) is 0 Å². The molecule has 0 heterocycles. The lowest BCUT2D eigenvalue weighted by Crippen LogP contribution is -2.65. The van der Waals surface area contributed by atoms with Crippen molar-refractivity contribution < 1.29 is 34.0 Å². The molecule has 4 N–H and O–H groups in total. The molecule has 7 heteroatoms. The number of rotatable bonds is 5. The minimum Gasteiger partial charge on any atom is -0.477 e. The SMILES string of the molecule is CC[C@H]1C(O)C2C3CC[C@H]([C@H](C)CC(F)(F)C(=O)O)[C@@]3(C)[C@@H](O)CC2[C@@]2(C)CC[C@@H](O)C[C@@H]12. The summed E-state index contributed by atoms with van der Waals surface area (Å²) in [6.07, 6.45) is 2.83. The monoisotopic (exact) mass is 472 g/mol. The molecule has 4 saturated carbocycles. The Labute approximate surface area is 196 Å². The molecule has 12 atom stereocenters. The van der Waals surface area contributed by atoms with Crippen LogP contribution in [0.1, 0.15) is 79.1 Å². The number of carboxylic acid groups (broad SMARTS) is 1. The maximum Gasteiger partial charge on any atom is 0.374 e. The van der Waals surface area contributed by atoms with Gasteiger partial charge >= 0.3 is 11.9 Å². The molecule has 5 nitrogen and oxygen atoms in total. The van der Waals surface area contributed by atoms with Crippen molar-refractivity contribution in [3.05, 3.63) is 0 Å². The Morgan fingerprint density at radius 1 is 1.06 bits per heavy atom. The zero-order valence-electron chi connectivity index (χ0n) is 20.4. The molecule has 4 unspecified atom stereocenters. The molecule has 0 aromatic carbocycles. The predicted octanol–water partition coefficient (Wildman–Crippen LogP) is 4.33. The fourth-order valence-corrected chi connectivity index (χ4v) is 9.52. The molecule has 0 aromatic heterocycles. The van der Waals surface area contributed by atoms with Crippen molar-refractivity contribution in [1.82, 2.24) is 0 Å². The van der Waals surface area contributed by atoms with Gasteiger partial charge in [0.05, 0.1) is 18.3 Å². The van der Waals surface area contributed by atoms with Gasteiger partial charge in [0.2, 0.25) is 0 Å². The highest BCUT2D eigenvalue weighted by molar-refractivity contribution is 5.75. The van der Waals surface area contributed by atoms with Crippen LogP contribution in [0, 0.1) is 52.3 Å². The average Bonchev–Trinajstić information content (AvgIpc) is 3.09. The normalized spacial score (nSPS) is 50.8. The lowest BCUT2D eigenvalue weighted by atomic mass is 9.41. The molecule has 0 bridgehead atoms.